The summed E-state index contributed by atoms with van der Waals surface area (Å²) in [4.78, 5) is 4.44. The van der Waals surface area contributed by atoms with Gasteiger partial charge in [0.05, 0.1) is 5.52 Å². The van der Waals surface area contributed by atoms with Crippen LogP contribution >= 0.6 is 0 Å². The first kappa shape index (κ1) is 12.3. The van der Waals surface area contributed by atoms with Crippen LogP contribution in [0.2, 0.25) is 0 Å². The highest BCUT2D eigenvalue weighted by atomic mass is 14.7. The summed E-state index contributed by atoms with van der Waals surface area (Å²) in [6, 6.07) is 10.7. The first-order chi connectivity index (χ1) is 9.81. The molecule has 4 rings (SSSR count). The van der Waals surface area contributed by atoms with Crippen molar-refractivity contribution in [2.45, 2.75) is 38.1 Å². The normalized spacial score (nSPS) is 29.9. The van der Waals surface area contributed by atoms with Crippen molar-refractivity contribution in [3.63, 3.8) is 0 Å². The third-order valence-electron chi connectivity index (χ3n) is 5.52. The standard InChI is InChI=1S/C18H22N2/c19-17(11-14-10-12-6-7-13(14)9-12)15-3-1-5-18-16(15)4-2-8-20-18/h1-5,8,12-14,17H,6-7,9-11,19H2. The minimum atomic E-state index is 0.159. The molecule has 104 valence electrons. The highest BCUT2D eigenvalue weighted by Crippen LogP contribution is 2.50. The number of pyridine rings is 1. The summed E-state index contributed by atoms with van der Waals surface area (Å²) in [7, 11) is 0. The number of hydrogen-bond donors (Lipinski definition) is 1. The Kier molecular flexibility index (Phi) is 2.99. The Labute approximate surface area is 120 Å². The number of aromatic nitrogens is 1. The Balaban J connectivity index is 1.59. The van der Waals surface area contributed by atoms with E-state index >= 15 is 0 Å². The summed E-state index contributed by atoms with van der Waals surface area (Å²) in [5.74, 6) is 2.82. The molecule has 0 saturated heterocycles. The summed E-state index contributed by atoms with van der Waals surface area (Å²) >= 11 is 0. The minimum Gasteiger partial charge on any atom is -0.324 e. The van der Waals surface area contributed by atoms with Gasteiger partial charge in [-0.3, -0.25) is 4.98 Å². The van der Waals surface area contributed by atoms with Gasteiger partial charge in [-0.15, -0.1) is 0 Å². The van der Waals surface area contributed by atoms with Crippen LogP contribution in [0.15, 0.2) is 36.5 Å². The van der Waals surface area contributed by atoms with Crippen LogP contribution < -0.4 is 5.73 Å². The zero-order valence-electron chi connectivity index (χ0n) is 11.8. The average molecular weight is 266 g/mol. The number of fused-ring (bicyclic) bond motifs is 3. The quantitative estimate of drug-likeness (QED) is 0.909. The van der Waals surface area contributed by atoms with Crippen molar-refractivity contribution in [2.24, 2.45) is 23.5 Å². The molecule has 2 bridgehead atoms. The molecule has 0 amide bonds. The van der Waals surface area contributed by atoms with Crippen LogP contribution in [-0.4, -0.2) is 4.98 Å². The Morgan fingerprint density at radius 3 is 2.90 bits per heavy atom. The van der Waals surface area contributed by atoms with E-state index in [1.807, 2.05) is 12.3 Å². The first-order valence-electron chi connectivity index (χ1n) is 7.90. The summed E-state index contributed by atoms with van der Waals surface area (Å²) in [5.41, 5.74) is 8.88. The molecule has 2 saturated carbocycles. The van der Waals surface area contributed by atoms with Crippen LogP contribution in [0.4, 0.5) is 0 Å². The van der Waals surface area contributed by atoms with Gasteiger partial charge in [0.1, 0.15) is 0 Å². The van der Waals surface area contributed by atoms with Crippen molar-refractivity contribution in [1.82, 2.24) is 4.98 Å². The predicted molar refractivity (Wildman–Crippen MR) is 82.2 cm³/mol. The fourth-order valence-corrected chi connectivity index (χ4v) is 4.57. The van der Waals surface area contributed by atoms with Gasteiger partial charge in [0.15, 0.2) is 0 Å². The van der Waals surface area contributed by atoms with Crippen molar-refractivity contribution in [3.8, 4) is 0 Å². The third kappa shape index (κ3) is 2.03. The smallest absolute Gasteiger partial charge is 0.0705 e. The number of nitrogens with two attached hydrogens (primary N) is 1. The fourth-order valence-electron chi connectivity index (χ4n) is 4.57. The van der Waals surface area contributed by atoms with E-state index in [1.165, 1.54) is 36.6 Å². The van der Waals surface area contributed by atoms with Gasteiger partial charge in [-0.05, 0) is 61.1 Å². The lowest BCUT2D eigenvalue weighted by Gasteiger charge is -2.25. The van der Waals surface area contributed by atoms with Crippen LogP contribution in [0.25, 0.3) is 10.9 Å². The SMILES string of the molecule is NC(CC1CC2CCC1C2)c1cccc2ncccc12. The van der Waals surface area contributed by atoms with Gasteiger partial charge < -0.3 is 5.73 Å². The maximum atomic E-state index is 6.54. The lowest BCUT2D eigenvalue weighted by atomic mass is 9.82. The molecule has 2 heteroatoms. The summed E-state index contributed by atoms with van der Waals surface area (Å²) in [5, 5.41) is 1.23. The molecule has 0 radical (unpaired) electrons. The molecule has 2 nitrogen and oxygen atoms in total. The summed E-state index contributed by atoms with van der Waals surface area (Å²) < 4.78 is 0. The topological polar surface area (TPSA) is 38.9 Å². The molecule has 1 heterocycles. The van der Waals surface area contributed by atoms with Gasteiger partial charge in [0, 0.05) is 17.6 Å². The fraction of sp³-hybridized carbons (Fsp3) is 0.500. The van der Waals surface area contributed by atoms with Crippen LogP contribution in [0.1, 0.15) is 43.7 Å². The minimum absolute atomic E-state index is 0.159. The molecule has 2 aliphatic rings. The first-order valence-corrected chi connectivity index (χ1v) is 7.90. The molecular weight excluding hydrogens is 244 g/mol. The molecule has 2 fully saturated rings. The lowest BCUT2D eigenvalue weighted by Crippen LogP contribution is -2.19. The molecule has 4 atom stereocenters. The zero-order chi connectivity index (χ0) is 13.5. The molecule has 2 N–H and O–H groups in total. The third-order valence-corrected chi connectivity index (χ3v) is 5.52. The second-order valence-corrected chi connectivity index (χ2v) is 6.69. The summed E-state index contributed by atoms with van der Waals surface area (Å²) in [6.07, 6.45) is 8.80. The van der Waals surface area contributed by atoms with Gasteiger partial charge in [0.2, 0.25) is 0 Å². The molecule has 0 aliphatic heterocycles. The second-order valence-electron chi connectivity index (χ2n) is 6.69. The molecule has 1 aromatic heterocycles. The Morgan fingerprint density at radius 2 is 2.10 bits per heavy atom. The van der Waals surface area contributed by atoms with Gasteiger partial charge >= 0.3 is 0 Å². The lowest BCUT2D eigenvalue weighted by molar-refractivity contribution is 0.296. The van der Waals surface area contributed by atoms with Crippen molar-refractivity contribution in [1.29, 1.82) is 0 Å². The maximum absolute atomic E-state index is 6.54. The second kappa shape index (κ2) is 4.85. The summed E-state index contributed by atoms with van der Waals surface area (Å²) in [6.45, 7) is 0. The van der Waals surface area contributed by atoms with E-state index in [0.717, 1.165) is 29.7 Å². The van der Waals surface area contributed by atoms with E-state index in [4.69, 9.17) is 5.73 Å². The molecule has 2 aromatic rings. The van der Waals surface area contributed by atoms with Crippen molar-refractivity contribution in [2.75, 3.05) is 0 Å². The average Bonchev–Trinajstić information content (AvgIpc) is 3.09. The van der Waals surface area contributed by atoms with Crippen LogP contribution in [0, 0.1) is 17.8 Å². The monoisotopic (exact) mass is 266 g/mol. The van der Waals surface area contributed by atoms with Crippen LogP contribution in [-0.2, 0) is 0 Å². The van der Waals surface area contributed by atoms with Crippen molar-refractivity contribution in [3.05, 3.63) is 42.1 Å². The van der Waals surface area contributed by atoms with Crippen LogP contribution in [0.5, 0.6) is 0 Å². The maximum Gasteiger partial charge on any atom is 0.0705 e. The van der Waals surface area contributed by atoms with Gasteiger partial charge in [-0.25, -0.2) is 0 Å². The molecule has 4 unspecified atom stereocenters. The molecule has 20 heavy (non-hydrogen) atoms. The van der Waals surface area contributed by atoms with Crippen molar-refractivity contribution < 1.29 is 0 Å². The predicted octanol–water partition coefficient (Wildman–Crippen LogP) is 4.06. The number of benzene rings is 1. The number of hydrogen-bond acceptors (Lipinski definition) is 2. The largest absolute Gasteiger partial charge is 0.324 e. The van der Waals surface area contributed by atoms with Crippen LogP contribution in [0.3, 0.4) is 0 Å². The molecule has 0 spiro atoms. The highest BCUT2D eigenvalue weighted by molar-refractivity contribution is 5.82. The van der Waals surface area contributed by atoms with Crippen molar-refractivity contribution >= 4 is 10.9 Å². The number of nitrogens with zero attached hydrogens (tertiary/aromatic N) is 1. The van der Waals surface area contributed by atoms with Gasteiger partial charge in [-0.1, -0.05) is 24.6 Å². The Morgan fingerprint density at radius 1 is 1.15 bits per heavy atom. The molecular formula is C18H22N2. The van der Waals surface area contributed by atoms with Gasteiger partial charge in [-0.2, -0.15) is 0 Å². The van der Waals surface area contributed by atoms with E-state index in [9.17, 15) is 0 Å². The van der Waals surface area contributed by atoms with Gasteiger partial charge in [0.25, 0.3) is 0 Å². The zero-order valence-corrected chi connectivity index (χ0v) is 11.8. The van der Waals surface area contributed by atoms with E-state index < -0.39 is 0 Å². The number of rotatable bonds is 3. The van der Waals surface area contributed by atoms with E-state index in [-0.39, 0.29) is 6.04 Å². The highest BCUT2D eigenvalue weighted by Gasteiger charge is 2.39. The Hall–Kier alpha value is -1.41. The molecule has 1 aromatic carbocycles. The van der Waals surface area contributed by atoms with E-state index in [0.29, 0.717) is 0 Å². The molecule has 2 aliphatic carbocycles. The van der Waals surface area contributed by atoms with E-state index in [1.54, 1.807) is 0 Å². The Bertz CT molecular complexity index is 616. The van der Waals surface area contributed by atoms with E-state index in [2.05, 4.69) is 29.2 Å².